The first kappa shape index (κ1) is 22.9. The molecule has 3 rings (SSSR count). The van der Waals surface area contributed by atoms with Gasteiger partial charge in [0.15, 0.2) is 11.0 Å². The first-order valence-corrected chi connectivity index (χ1v) is 11.8. The average Bonchev–Trinajstić information content (AvgIpc) is 3.23. The second-order valence-corrected chi connectivity index (χ2v) is 8.28. The number of ether oxygens (including phenoxy) is 1. The van der Waals surface area contributed by atoms with E-state index in [0.717, 1.165) is 66.0 Å². The number of carbonyl (C=O) groups excluding carboxylic acids is 1. The van der Waals surface area contributed by atoms with Crippen LogP contribution < -0.4 is 10.1 Å². The standard InChI is InChI=1S/C24H30N4O2S/c1-3-4-17-25-22(29)12-8-9-18-31-24-27-26-23(19-10-6-5-7-11-19)28(24)20-13-15-21(30-2)16-14-20/h5-7,10-11,13-16H,3-4,8-9,12,17-18H2,1-2H3,(H,25,29). The minimum absolute atomic E-state index is 0.145. The molecule has 6 nitrogen and oxygen atoms in total. The maximum atomic E-state index is 11.8. The summed E-state index contributed by atoms with van der Waals surface area (Å²) in [6, 6.07) is 18.0. The fraction of sp³-hybridized carbons (Fsp3) is 0.375. The van der Waals surface area contributed by atoms with Crippen LogP contribution in [0.25, 0.3) is 17.1 Å². The number of carbonyl (C=O) groups is 1. The third-order valence-corrected chi connectivity index (χ3v) is 5.89. The molecule has 0 spiro atoms. The Hall–Kier alpha value is -2.80. The van der Waals surface area contributed by atoms with Gasteiger partial charge in [-0.15, -0.1) is 10.2 Å². The molecule has 0 aliphatic heterocycles. The number of thioether (sulfide) groups is 1. The maximum absolute atomic E-state index is 11.8. The highest BCUT2D eigenvalue weighted by Gasteiger charge is 2.16. The summed E-state index contributed by atoms with van der Waals surface area (Å²) in [6.45, 7) is 2.90. The number of benzene rings is 2. The van der Waals surface area contributed by atoms with E-state index in [1.54, 1.807) is 18.9 Å². The SMILES string of the molecule is CCCCNC(=O)CCCCSc1nnc(-c2ccccc2)n1-c1ccc(OC)cc1. The zero-order valence-electron chi connectivity index (χ0n) is 18.2. The molecule has 0 aliphatic carbocycles. The fourth-order valence-electron chi connectivity index (χ4n) is 3.15. The van der Waals surface area contributed by atoms with Gasteiger partial charge < -0.3 is 10.1 Å². The van der Waals surface area contributed by atoms with Gasteiger partial charge >= 0.3 is 0 Å². The molecule has 0 unspecified atom stereocenters. The van der Waals surface area contributed by atoms with E-state index in [2.05, 4.69) is 27.0 Å². The van der Waals surface area contributed by atoms with E-state index < -0.39 is 0 Å². The van der Waals surface area contributed by atoms with Crippen LogP contribution in [0.2, 0.25) is 0 Å². The molecule has 1 N–H and O–H groups in total. The van der Waals surface area contributed by atoms with Crippen LogP contribution in [0.3, 0.4) is 0 Å². The fourth-order valence-corrected chi connectivity index (χ4v) is 4.10. The lowest BCUT2D eigenvalue weighted by atomic mass is 10.2. The van der Waals surface area contributed by atoms with E-state index in [0.29, 0.717) is 6.42 Å². The Labute approximate surface area is 188 Å². The van der Waals surface area contributed by atoms with Crippen molar-refractivity contribution >= 4 is 17.7 Å². The molecular weight excluding hydrogens is 408 g/mol. The zero-order chi connectivity index (χ0) is 21.9. The van der Waals surface area contributed by atoms with Crippen molar-refractivity contribution in [2.24, 2.45) is 0 Å². The van der Waals surface area contributed by atoms with Gasteiger partial charge in [0, 0.05) is 30.0 Å². The van der Waals surface area contributed by atoms with Crippen LogP contribution in [0, 0.1) is 0 Å². The Morgan fingerprint density at radius 2 is 1.81 bits per heavy atom. The van der Waals surface area contributed by atoms with E-state index in [-0.39, 0.29) is 5.91 Å². The van der Waals surface area contributed by atoms with Crippen LogP contribution in [0.1, 0.15) is 39.0 Å². The summed E-state index contributed by atoms with van der Waals surface area (Å²) in [5, 5.41) is 12.7. The van der Waals surface area contributed by atoms with Gasteiger partial charge in [-0.3, -0.25) is 9.36 Å². The predicted molar refractivity (Wildman–Crippen MR) is 126 cm³/mol. The Kier molecular flexibility index (Phi) is 8.97. The summed E-state index contributed by atoms with van der Waals surface area (Å²) in [4.78, 5) is 11.8. The maximum Gasteiger partial charge on any atom is 0.219 e. The largest absolute Gasteiger partial charge is 0.497 e. The molecule has 7 heteroatoms. The molecule has 1 amide bonds. The van der Waals surface area contributed by atoms with Gasteiger partial charge in [-0.25, -0.2) is 0 Å². The van der Waals surface area contributed by atoms with Crippen molar-refractivity contribution in [3.63, 3.8) is 0 Å². The predicted octanol–water partition coefficient (Wildman–Crippen LogP) is 5.12. The minimum atomic E-state index is 0.145. The van der Waals surface area contributed by atoms with Crippen molar-refractivity contribution in [2.75, 3.05) is 19.4 Å². The zero-order valence-corrected chi connectivity index (χ0v) is 19.0. The summed E-state index contributed by atoms with van der Waals surface area (Å²) in [6.07, 6.45) is 4.52. The topological polar surface area (TPSA) is 69.0 Å². The van der Waals surface area contributed by atoms with Gasteiger partial charge in [0.25, 0.3) is 0 Å². The molecule has 164 valence electrons. The van der Waals surface area contributed by atoms with E-state index in [9.17, 15) is 4.79 Å². The first-order chi connectivity index (χ1) is 15.2. The van der Waals surface area contributed by atoms with Crippen LogP contribution in [0.4, 0.5) is 0 Å². The van der Waals surface area contributed by atoms with Crippen LogP contribution in [-0.4, -0.2) is 40.1 Å². The number of methoxy groups -OCH3 is 1. The van der Waals surface area contributed by atoms with Crippen molar-refractivity contribution in [2.45, 2.75) is 44.2 Å². The molecule has 0 bridgehead atoms. The summed E-state index contributed by atoms with van der Waals surface area (Å²) >= 11 is 1.67. The van der Waals surface area contributed by atoms with E-state index in [4.69, 9.17) is 4.74 Å². The molecule has 0 atom stereocenters. The van der Waals surface area contributed by atoms with Gasteiger partial charge in [-0.05, 0) is 43.5 Å². The third-order valence-electron chi connectivity index (χ3n) is 4.88. The molecule has 1 heterocycles. The molecule has 0 saturated heterocycles. The summed E-state index contributed by atoms with van der Waals surface area (Å²) in [5.41, 5.74) is 2.00. The number of amides is 1. The molecule has 0 aliphatic rings. The van der Waals surface area contributed by atoms with Gasteiger partial charge in [0.2, 0.25) is 5.91 Å². The van der Waals surface area contributed by atoms with Gasteiger partial charge in [0.1, 0.15) is 5.75 Å². The highest BCUT2D eigenvalue weighted by molar-refractivity contribution is 7.99. The van der Waals surface area contributed by atoms with E-state index in [1.165, 1.54) is 0 Å². The van der Waals surface area contributed by atoms with E-state index in [1.807, 2.05) is 54.6 Å². The number of unbranched alkanes of at least 4 members (excludes halogenated alkanes) is 2. The summed E-state index contributed by atoms with van der Waals surface area (Å²) in [7, 11) is 1.66. The second-order valence-electron chi connectivity index (χ2n) is 7.21. The van der Waals surface area contributed by atoms with Crippen LogP contribution in [0.5, 0.6) is 5.75 Å². The van der Waals surface area contributed by atoms with Crippen molar-refractivity contribution in [3.8, 4) is 22.8 Å². The number of hydrogen-bond acceptors (Lipinski definition) is 5. The molecule has 2 aromatic carbocycles. The Morgan fingerprint density at radius 1 is 1.03 bits per heavy atom. The lowest BCUT2D eigenvalue weighted by Crippen LogP contribution is -2.23. The van der Waals surface area contributed by atoms with Crippen molar-refractivity contribution < 1.29 is 9.53 Å². The first-order valence-electron chi connectivity index (χ1n) is 10.8. The average molecular weight is 439 g/mol. The molecule has 31 heavy (non-hydrogen) atoms. The van der Waals surface area contributed by atoms with Gasteiger partial charge in [0.05, 0.1) is 7.11 Å². The number of aromatic nitrogens is 3. The summed E-state index contributed by atoms with van der Waals surface area (Å²) in [5.74, 6) is 2.64. The van der Waals surface area contributed by atoms with Crippen molar-refractivity contribution in [3.05, 3.63) is 54.6 Å². The lowest BCUT2D eigenvalue weighted by molar-refractivity contribution is -0.121. The Morgan fingerprint density at radius 3 is 2.52 bits per heavy atom. The molecule has 1 aromatic heterocycles. The molecular formula is C24H30N4O2S. The second kappa shape index (κ2) is 12.2. The lowest BCUT2D eigenvalue weighted by Gasteiger charge is -2.11. The third kappa shape index (κ3) is 6.59. The number of hydrogen-bond donors (Lipinski definition) is 1. The van der Waals surface area contributed by atoms with E-state index >= 15 is 0 Å². The van der Waals surface area contributed by atoms with Gasteiger partial charge in [-0.1, -0.05) is 55.4 Å². The van der Waals surface area contributed by atoms with Crippen molar-refractivity contribution in [1.29, 1.82) is 0 Å². The minimum Gasteiger partial charge on any atom is -0.497 e. The molecule has 0 saturated carbocycles. The van der Waals surface area contributed by atoms with Gasteiger partial charge in [-0.2, -0.15) is 0 Å². The monoisotopic (exact) mass is 438 g/mol. The highest BCUT2D eigenvalue weighted by atomic mass is 32.2. The quantitative estimate of drug-likeness (QED) is 0.314. The van der Waals surface area contributed by atoms with Crippen LogP contribution in [0.15, 0.2) is 59.8 Å². The Balaban J connectivity index is 1.66. The molecule has 3 aromatic rings. The number of nitrogens with zero attached hydrogens (tertiary/aromatic N) is 3. The number of nitrogens with one attached hydrogen (secondary N) is 1. The number of rotatable bonds is 12. The highest BCUT2D eigenvalue weighted by Crippen LogP contribution is 2.29. The van der Waals surface area contributed by atoms with Crippen molar-refractivity contribution in [1.82, 2.24) is 20.1 Å². The molecule has 0 fully saturated rings. The summed E-state index contributed by atoms with van der Waals surface area (Å²) < 4.78 is 7.38. The van der Waals surface area contributed by atoms with Crippen LogP contribution >= 0.6 is 11.8 Å². The Bertz CT molecular complexity index is 942. The normalized spacial score (nSPS) is 10.8. The smallest absolute Gasteiger partial charge is 0.219 e. The molecule has 0 radical (unpaired) electrons. The van der Waals surface area contributed by atoms with Crippen LogP contribution in [-0.2, 0) is 4.79 Å².